The van der Waals surface area contributed by atoms with Gasteiger partial charge in [0, 0.05) is 17.8 Å². The van der Waals surface area contributed by atoms with E-state index in [9.17, 15) is 14.7 Å². The zero-order valence-electron chi connectivity index (χ0n) is 8.28. The van der Waals surface area contributed by atoms with Gasteiger partial charge >= 0.3 is 5.97 Å². The molecule has 0 atom stereocenters. The molecular formula is C10H7Br2NO4. The molecule has 0 fully saturated rings. The number of halogens is 2. The van der Waals surface area contributed by atoms with Crippen molar-refractivity contribution in [2.45, 2.75) is 0 Å². The lowest BCUT2D eigenvalue weighted by atomic mass is 10.3. The summed E-state index contributed by atoms with van der Waals surface area (Å²) in [6, 6.07) is 2.99. The molecule has 0 aliphatic heterocycles. The monoisotopic (exact) mass is 363 g/mol. The van der Waals surface area contributed by atoms with Crippen LogP contribution in [-0.4, -0.2) is 22.1 Å². The van der Waals surface area contributed by atoms with Crippen LogP contribution in [0.2, 0.25) is 0 Å². The fraction of sp³-hybridized carbons (Fsp3) is 0. The van der Waals surface area contributed by atoms with E-state index in [4.69, 9.17) is 5.11 Å². The van der Waals surface area contributed by atoms with E-state index in [0.717, 1.165) is 12.2 Å². The Morgan fingerprint density at radius 2 is 1.71 bits per heavy atom. The molecule has 17 heavy (non-hydrogen) atoms. The number of nitrogens with one attached hydrogen (secondary N) is 1. The molecule has 1 amide bonds. The number of benzene rings is 1. The molecule has 0 unspecified atom stereocenters. The second kappa shape index (κ2) is 5.83. The van der Waals surface area contributed by atoms with E-state index in [2.05, 4.69) is 37.2 Å². The third kappa shape index (κ3) is 4.20. The van der Waals surface area contributed by atoms with Gasteiger partial charge in [0.2, 0.25) is 5.91 Å². The zero-order chi connectivity index (χ0) is 13.0. The lowest BCUT2D eigenvalue weighted by molar-refractivity contribution is -0.131. The number of rotatable bonds is 3. The Hall–Kier alpha value is -1.34. The molecule has 0 aromatic heterocycles. The van der Waals surface area contributed by atoms with Gasteiger partial charge in [-0.1, -0.05) is 0 Å². The zero-order valence-corrected chi connectivity index (χ0v) is 11.4. The molecule has 7 heteroatoms. The summed E-state index contributed by atoms with van der Waals surface area (Å²) in [4.78, 5) is 21.5. The second-order valence-electron chi connectivity index (χ2n) is 2.95. The molecule has 0 heterocycles. The molecular weight excluding hydrogens is 358 g/mol. The number of aromatic hydroxyl groups is 1. The third-order valence-corrected chi connectivity index (χ3v) is 2.87. The lowest BCUT2D eigenvalue weighted by Crippen LogP contribution is -2.08. The number of amides is 1. The van der Waals surface area contributed by atoms with Crippen LogP contribution < -0.4 is 5.32 Å². The van der Waals surface area contributed by atoms with E-state index in [1.165, 1.54) is 12.1 Å². The first-order chi connectivity index (χ1) is 7.90. The smallest absolute Gasteiger partial charge is 0.328 e. The largest absolute Gasteiger partial charge is 0.506 e. The molecule has 3 N–H and O–H groups in total. The van der Waals surface area contributed by atoms with Crippen molar-refractivity contribution in [3.05, 3.63) is 33.2 Å². The Balaban J connectivity index is 2.82. The average molecular weight is 365 g/mol. The summed E-state index contributed by atoms with van der Waals surface area (Å²) in [6.45, 7) is 0. The highest BCUT2D eigenvalue weighted by molar-refractivity contribution is 9.11. The molecule has 0 bridgehead atoms. The maximum atomic E-state index is 11.3. The maximum Gasteiger partial charge on any atom is 0.328 e. The second-order valence-corrected chi connectivity index (χ2v) is 4.66. The van der Waals surface area contributed by atoms with Crippen molar-refractivity contribution in [1.29, 1.82) is 0 Å². The Morgan fingerprint density at radius 1 is 1.18 bits per heavy atom. The van der Waals surface area contributed by atoms with Crippen molar-refractivity contribution in [1.82, 2.24) is 0 Å². The Labute approximate surface area is 113 Å². The molecule has 0 aliphatic carbocycles. The van der Waals surface area contributed by atoms with Gasteiger partial charge in [0.25, 0.3) is 0 Å². The number of carbonyl (C=O) groups excluding carboxylic acids is 1. The molecule has 0 spiro atoms. The van der Waals surface area contributed by atoms with Crippen LogP contribution >= 0.6 is 31.9 Å². The molecule has 0 saturated heterocycles. The number of hydrogen-bond donors (Lipinski definition) is 3. The predicted octanol–water partition coefficient (Wildman–Crippen LogP) is 2.50. The lowest BCUT2D eigenvalue weighted by Gasteiger charge is -2.06. The number of carboxylic acids is 1. The van der Waals surface area contributed by atoms with Crippen LogP contribution in [0.25, 0.3) is 0 Å². The SMILES string of the molecule is O=C(O)/C=C/C(=O)Nc1cc(Br)c(O)c(Br)c1. The fourth-order valence-corrected chi connectivity index (χ4v) is 2.16. The van der Waals surface area contributed by atoms with Crippen molar-refractivity contribution in [2.75, 3.05) is 5.32 Å². The van der Waals surface area contributed by atoms with Crippen molar-refractivity contribution in [3.63, 3.8) is 0 Å². The number of hydrogen-bond acceptors (Lipinski definition) is 3. The Bertz CT molecular complexity index is 476. The van der Waals surface area contributed by atoms with Gasteiger partial charge in [0.05, 0.1) is 8.95 Å². The van der Waals surface area contributed by atoms with E-state index in [0.29, 0.717) is 14.6 Å². The molecule has 1 aromatic rings. The predicted molar refractivity (Wildman–Crippen MR) is 68.9 cm³/mol. The number of carbonyl (C=O) groups is 2. The first kappa shape index (κ1) is 13.7. The van der Waals surface area contributed by atoms with Gasteiger partial charge in [-0.2, -0.15) is 0 Å². The van der Waals surface area contributed by atoms with Crippen molar-refractivity contribution in [2.24, 2.45) is 0 Å². The highest BCUT2D eigenvalue weighted by atomic mass is 79.9. The molecule has 0 saturated carbocycles. The minimum atomic E-state index is -1.20. The van der Waals surface area contributed by atoms with Gasteiger partial charge in [-0.15, -0.1) is 0 Å². The van der Waals surface area contributed by atoms with Gasteiger partial charge < -0.3 is 15.5 Å². The van der Waals surface area contributed by atoms with E-state index in [1.807, 2.05) is 0 Å². The summed E-state index contributed by atoms with van der Waals surface area (Å²) in [5, 5.41) is 20.2. The van der Waals surface area contributed by atoms with Crippen molar-refractivity contribution >= 4 is 49.4 Å². The van der Waals surface area contributed by atoms with Gasteiger partial charge in [0.15, 0.2) is 0 Å². The quantitative estimate of drug-likeness (QED) is 0.568. The number of aliphatic carboxylic acids is 1. The number of carboxylic acid groups (broad SMARTS) is 1. The summed E-state index contributed by atoms with van der Waals surface area (Å²) in [6.07, 6.45) is 1.64. The molecule has 1 rings (SSSR count). The minimum absolute atomic E-state index is 0.0177. The minimum Gasteiger partial charge on any atom is -0.506 e. The fourth-order valence-electron chi connectivity index (χ4n) is 0.969. The van der Waals surface area contributed by atoms with E-state index >= 15 is 0 Å². The van der Waals surface area contributed by atoms with Crippen LogP contribution in [0.3, 0.4) is 0 Å². The van der Waals surface area contributed by atoms with E-state index in [-0.39, 0.29) is 5.75 Å². The van der Waals surface area contributed by atoms with Crippen LogP contribution in [0.4, 0.5) is 5.69 Å². The average Bonchev–Trinajstić information content (AvgIpc) is 2.23. The summed E-state index contributed by atoms with van der Waals surface area (Å²) < 4.78 is 0.814. The van der Waals surface area contributed by atoms with Crippen LogP contribution in [0.1, 0.15) is 0 Å². The van der Waals surface area contributed by atoms with Crippen LogP contribution in [0.15, 0.2) is 33.2 Å². The van der Waals surface area contributed by atoms with Gasteiger partial charge in [-0.05, 0) is 44.0 Å². The molecule has 90 valence electrons. The summed E-state index contributed by atoms with van der Waals surface area (Å²) >= 11 is 6.21. The van der Waals surface area contributed by atoms with Crippen molar-refractivity contribution in [3.8, 4) is 5.75 Å². The first-order valence-electron chi connectivity index (χ1n) is 4.30. The normalized spacial score (nSPS) is 10.5. The summed E-state index contributed by atoms with van der Waals surface area (Å²) in [5.41, 5.74) is 0.418. The number of anilines is 1. The molecule has 0 radical (unpaired) electrons. The Morgan fingerprint density at radius 3 is 2.18 bits per heavy atom. The van der Waals surface area contributed by atoms with Crippen LogP contribution in [0.5, 0.6) is 5.75 Å². The molecule has 5 nitrogen and oxygen atoms in total. The van der Waals surface area contributed by atoms with Gasteiger partial charge in [0.1, 0.15) is 5.75 Å². The maximum absolute atomic E-state index is 11.3. The van der Waals surface area contributed by atoms with Gasteiger partial charge in [-0.3, -0.25) is 4.79 Å². The van der Waals surface area contributed by atoms with Crippen molar-refractivity contribution < 1.29 is 19.8 Å². The molecule has 1 aromatic carbocycles. The third-order valence-electron chi connectivity index (χ3n) is 1.66. The van der Waals surface area contributed by atoms with E-state index in [1.54, 1.807) is 0 Å². The van der Waals surface area contributed by atoms with Gasteiger partial charge in [-0.25, -0.2) is 4.79 Å². The topological polar surface area (TPSA) is 86.6 Å². The summed E-state index contributed by atoms with van der Waals surface area (Å²) in [5.74, 6) is -1.76. The number of phenolic OH excluding ortho intramolecular Hbond substituents is 1. The Kier molecular flexibility index (Phi) is 4.71. The highest BCUT2D eigenvalue weighted by Gasteiger charge is 2.07. The molecule has 0 aliphatic rings. The standard InChI is InChI=1S/C10H7Br2NO4/c11-6-3-5(4-7(12)10(6)17)13-8(14)1-2-9(15)16/h1-4,17H,(H,13,14)(H,15,16)/b2-1+. The highest BCUT2D eigenvalue weighted by Crippen LogP contribution is 2.35. The summed E-state index contributed by atoms with van der Waals surface area (Å²) in [7, 11) is 0. The number of phenols is 1. The first-order valence-corrected chi connectivity index (χ1v) is 5.88. The van der Waals surface area contributed by atoms with Crippen LogP contribution in [0, 0.1) is 0 Å². The van der Waals surface area contributed by atoms with E-state index < -0.39 is 11.9 Å². The van der Waals surface area contributed by atoms with Crippen LogP contribution in [-0.2, 0) is 9.59 Å².